The lowest BCUT2D eigenvalue weighted by Crippen LogP contribution is -2.22. The van der Waals surface area contributed by atoms with E-state index < -0.39 is 11.5 Å². The lowest BCUT2D eigenvalue weighted by atomic mass is 10.1. The molecule has 1 N–H and O–H groups in total. The van der Waals surface area contributed by atoms with Gasteiger partial charge in [0, 0.05) is 15.4 Å². The van der Waals surface area contributed by atoms with Crippen LogP contribution < -0.4 is 10.9 Å². The minimum Gasteiger partial charge on any atom is -0.422 e. The van der Waals surface area contributed by atoms with E-state index in [9.17, 15) is 9.59 Å². The molecule has 0 saturated carbocycles. The van der Waals surface area contributed by atoms with E-state index in [1.165, 1.54) is 12.4 Å². The highest BCUT2D eigenvalue weighted by molar-refractivity contribution is 9.10. The maximum atomic E-state index is 12.7. The van der Waals surface area contributed by atoms with Crippen molar-refractivity contribution in [2.45, 2.75) is 6.92 Å². The van der Waals surface area contributed by atoms with Crippen LogP contribution in [0.15, 0.2) is 74.6 Å². The second-order valence-corrected chi connectivity index (χ2v) is 7.06. The maximum Gasteiger partial charge on any atom is 0.349 e. The van der Waals surface area contributed by atoms with E-state index in [-0.39, 0.29) is 5.56 Å². The molecule has 0 aliphatic heterocycles. The summed E-state index contributed by atoms with van der Waals surface area (Å²) in [5, 5.41) is 3.35. The number of aryl methyl sites for hydroxylation is 1. The number of amides is 1. The number of anilines is 1. The van der Waals surface area contributed by atoms with Crippen LogP contribution in [0, 0.1) is 6.92 Å². The molecule has 1 amide bonds. The third kappa shape index (κ3) is 3.44. The van der Waals surface area contributed by atoms with E-state index in [4.69, 9.17) is 4.42 Å². The predicted octanol–water partition coefficient (Wildman–Crippen LogP) is 4.57. The molecule has 0 spiro atoms. The standard InChI is InChI=1S/C21H14BrN3O3/c1-12-16-9-14(22)7-8-17(16)28-21(27)18(12)20(26)25-15-10-23-19(24-11-15)13-5-3-2-4-6-13/h2-11H,1H3,(H,25,26). The van der Waals surface area contributed by atoms with Crippen molar-refractivity contribution in [3.05, 3.63) is 86.9 Å². The summed E-state index contributed by atoms with van der Waals surface area (Å²) in [7, 11) is 0. The second kappa shape index (κ2) is 7.36. The zero-order chi connectivity index (χ0) is 19.7. The number of aromatic nitrogens is 2. The van der Waals surface area contributed by atoms with E-state index in [2.05, 4.69) is 31.2 Å². The molecule has 0 atom stereocenters. The molecule has 138 valence electrons. The number of nitrogens with zero attached hydrogens (tertiary/aromatic N) is 2. The second-order valence-electron chi connectivity index (χ2n) is 6.15. The third-order valence-corrected chi connectivity index (χ3v) is 4.79. The van der Waals surface area contributed by atoms with Gasteiger partial charge in [-0.15, -0.1) is 0 Å². The van der Waals surface area contributed by atoms with Crippen LogP contribution in [0.1, 0.15) is 15.9 Å². The van der Waals surface area contributed by atoms with Crippen molar-refractivity contribution in [2.75, 3.05) is 5.32 Å². The first-order chi connectivity index (χ1) is 13.5. The minimum atomic E-state index is -0.688. The largest absolute Gasteiger partial charge is 0.422 e. The highest BCUT2D eigenvalue weighted by Gasteiger charge is 2.19. The average molecular weight is 436 g/mol. The number of benzene rings is 2. The molecule has 7 heteroatoms. The molecular formula is C21H14BrN3O3. The molecule has 0 unspecified atom stereocenters. The molecule has 0 saturated heterocycles. The van der Waals surface area contributed by atoms with Crippen LogP contribution in [-0.2, 0) is 0 Å². The summed E-state index contributed by atoms with van der Waals surface area (Å²) in [6, 6.07) is 14.8. The Morgan fingerprint density at radius 2 is 1.79 bits per heavy atom. The van der Waals surface area contributed by atoms with Gasteiger partial charge in [-0.2, -0.15) is 0 Å². The Kier molecular flexibility index (Phi) is 4.75. The van der Waals surface area contributed by atoms with E-state index in [0.717, 1.165) is 10.0 Å². The Morgan fingerprint density at radius 3 is 2.50 bits per heavy atom. The molecule has 4 rings (SSSR count). The number of carbonyl (C=O) groups excluding carboxylic acids is 1. The monoisotopic (exact) mass is 435 g/mol. The third-order valence-electron chi connectivity index (χ3n) is 4.30. The normalized spacial score (nSPS) is 10.8. The van der Waals surface area contributed by atoms with E-state index >= 15 is 0 Å². The molecule has 2 aromatic heterocycles. The molecular weight excluding hydrogens is 422 g/mol. The summed E-state index contributed by atoms with van der Waals surface area (Å²) in [6.45, 7) is 1.72. The predicted molar refractivity (Wildman–Crippen MR) is 110 cm³/mol. The van der Waals surface area contributed by atoms with Crippen LogP contribution in [-0.4, -0.2) is 15.9 Å². The zero-order valence-electron chi connectivity index (χ0n) is 14.8. The SMILES string of the molecule is Cc1c(C(=O)Nc2cnc(-c3ccccc3)nc2)c(=O)oc2ccc(Br)cc12. The minimum absolute atomic E-state index is 0.0438. The summed E-state index contributed by atoms with van der Waals surface area (Å²) >= 11 is 3.39. The average Bonchev–Trinajstić information content (AvgIpc) is 2.70. The van der Waals surface area contributed by atoms with Crippen molar-refractivity contribution in [1.29, 1.82) is 0 Å². The van der Waals surface area contributed by atoms with Gasteiger partial charge in [-0.3, -0.25) is 4.79 Å². The van der Waals surface area contributed by atoms with Crippen LogP contribution in [0.3, 0.4) is 0 Å². The molecule has 0 bridgehead atoms. The molecule has 0 radical (unpaired) electrons. The van der Waals surface area contributed by atoms with Gasteiger partial charge in [-0.05, 0) is 30.7 Å². The first-order valence-electron chi connectivity index (χ1n) is 8.45. The van der Waals surface area contributed by atoms with E-state index in [1.54, 1.807) is 19.1 Å². The van der Waals surface area contributed by atoms with Gasteiger partial charge in [-0.25, -0.2) is 14.8 Å². The highest BCUT2D eigenvalue weighted by Crippen LogP contribution is 2.24. The van der Waals surface area contributed by atoms with Gasteiger partial charge in [-0.1, -0.05) is 46.3 Å². The van der Waals surface area contributed by atoms with Gasteiger partial charge in [0.1, 0.15) is 11.1 Å². The molecule has 0 aliphatic carbocycles. The van der Waals surface area contributed by atoms with Crippen LogP contribution in [0.25, 0.3) is 22.4 Å². The number of rotatable bonds is 3. The van der Waals surface area contributed by atoms with Gasteiger partial charge >= 0.3 is 5.63 Å². The van der Waals surface area contributed by atoms with Gasteiger partial charge in [0.25, 0.3) is 5.91 Å². The Hall–Kier alpha value is -3.32. The molecule has 4 aromatic rings. The summed E-state index contributed by atoms with van der Waals surface area (Å²) in [4.78, 5) is 33.6. The van der Waals surface area contributed by atoms with Crippen molar-refractivity contribution >= 4 is 38.5 Å². The molecule has 2 aromatic carbocycles. The smallest absolute Gasteiger partial charge is 0.349 e. The van der Waals surface area contributed by atoms with Crippen LogP contribution >= 0.6 is 15.9 Å². The summed E-state index contributed by atoms with van der Waals surface area (Å²) in [6.07, 6.45) is 3.00. The Morgan fingerprint density at radius 1 is 1.07 bits per heavy atom. The van der Waals surface area contributed by atoms with Crippen molar-refractivity contribution in [1.82, 2.24) is 9.97 Å². The Balaban J connectivity index is 1.64. The van der Waals surface area contributed by atoms with E-state index in [0.29, 0.717) is 28.0 Å². The van der Waals surface area contributed by atoms with E-state index in [1.807, 2.05) is 36.4 Å². The lowest BCUT2D eigenvalue weighted by molar-refractivity contribution is 0.102. The number of hydrogen-bond donors (Lipinski definition) is 1. The summed E-state index contributed by atoms with van der Waals surface area (Å²) in [5.41, 5.74) is 1.50. The number of nitrogens with one attached hydrogen (secondary N) is 1. The molecule has 0 aliphatic rings. The Labute approximate surface area is 168 Å². The van der Waals surface area contributed by atoms with Crippen LogP contribution in [0.2, 0.25) is 0 Å². The van der Waals surface area contributed by atoms with Gasteiger partial charge in [0.15, 0.2) is 5.82 Å². The van der Waals surface area contributed by atoms with Gasteiger partial charge in [0.05, 0.1) is 18.1 Å². The molecule has 6 nitrogen and oxygen atoms in total. The number of halogens is 1. The first kappa shape index (κ1) is 18.1. The maximum absolute atomic E-state index is 12.7. The van der Waals surface area contributed by atoms with Crippen molar-refractivity contribution in [2.24, 2.45) is 0 Å². The summed E-state index contributed by atoms with van der Waals surface area (Å²) < 4.78 is 6.12. The number of carbonyl (C=O) groups is 1. The van der Waals surface area contributed by atoms with Gasteiger partial charge < -0.3 is 9.73 Å². The lowest BCUT2D eigenvalue weighted by Gasteiger charge is -2.09. The van der Waals surface area contributed by atoms with Crippen molar-refractivity contribution in [3.8, 4) is 11.4 Å². The van der Waals surface area contributed by atoms with Crippen molar-refractivity contribution in [3.63, 3.8) is 0 Å². The molecule has 2 heterocycles. The van der Waals surface area contributed by atoms with Crippen LogP contribution in [0.5, 0.6) is 0 Å². The topological polar surface area (TPSA) is 85.1 Å². The molecule has 28 heavy (non-hydrogen) atoms. The fraction of sp³-hybridized carbons (Fsp3) is 0.0476. The quantitative estimate of drug-likeness (QED) is 0.476. The highest BCUT2D eigenvalue weighted by atomic mass is 79.9. The number of fused-ring (bicyclic) bond motifs is 1. The first-order valence-corrected chi connectivity index (χ1v) is 9.24. The fourth-order valence-electron chi connectivity index (χ4n) is 2.91. The van der Waals surface area contributed by atoms with Crippen LogP contribution in [0.4, 0.5) is 5.69 Å². The van der Waals surface area contributed by atoms with Gasteiger partial charge in [0.2, 0.25) is 0 Å². The zero-order valence-corrected chi connectivity index (χ0v) is 16.4. The Bertz CT molecular complexity index is 1240. The van der Waals surface area contributed by atoms with Crippen molar-refractivity contribution < 1.29 is 9.21 Å². The molecule has 0 fully saturated rings. The summed E-state index contributed by atoms with van der Waals surface area (Å²) in [5.74, 6) is -0.0194. The fourth-order valence-corrected chi connectivity index (χ4v) is 3.27. The number of hydrogen-bond acceptors (Lipinski definition) is 5.